The molecule has 3 N–H and O–H groups in total. The van der Waals surface area contributed by atoms with Gasteiger partial charge in [-0.25, -0.2) is 4.79 Å². The van der Waals surface area contributed by atoms with Gasteiger partial charge in [0.05, 0.1) is 13.2 Å². The molecule has 0 bridgehead atoms. The molecule has 1 unspecified atom stereocenters. The number of carboxylic acid groups (broad SMARTS) is 1. The van der Waals surface area contributed by atoms with Crippen LogP contribution >= 0.6 is 0 Å². The predicted molar refractivity (Wildman–Crippen MR) is 64.6 cm³/mol. The summed E-state index contributed by atoms with van der Waals surface area (Å²) in [7, 11) is 1.60. The van der Waals surface area contributed by atoms with Crippen molar-refractivity contribution in [2.75, 3.05) is 20.3 Å². The Kier molecular flexibility index (Phi) is 5.84. The number of aromatic carboxylic acids is 1. The normalized spacial score (nSPS) is 12.6. The van der Waals surface area contributed by atoms with E-state index in [4.69, 9.17) is 19.4 Å². The van der Waals surface area contributed by atoms with Crippen molar-refractivity contribution in [2.45, 2.75) is 25.9 Å². The van der Waals surface area contributed by atoms with Gasteiger partial charge in [-0.3, -0.25) is 0 Å². The van der Waals surface area contributed by atoms with Crippen molar-refractivity contribution in [1.82, 2.24) is 5.32 Å². The van der Waals surface area contributed by atoms with E-state index in [2.05, 4.69) is 5.32 Å². The monoisotopic (exact) mass is 257 g/mol. The minimum atomic E-state index is -0.999. The van der Waals surface area contributed by atoms with Crippen molar-refractivity contribution in [3.63, 3.8) is 0 Å². The number of aryl methyl sites for hydroxylation is 1. The molecule has 102 valence electrons. The molecular formula is C12H19NO5. The van der Waals surface area contributed by atoms with Gasteiger partial charge < -0.3 is 24.7 Å². The summed E-state index contributed by atoms with van der Waals surface area (Å²) < 4.78 is 10.2. The summed E-state index contributed by atoms with van der Waals surface area (Å²) in [6.07, 6.45) is 0.679. The number of hydrogen-bond acceptors (Lipinski definition) is 5. The van der Waals surface area contributed by atoms with E-state index in [1.165, 1.54) is 6.07 Å². The second-order valence-electron chi connectivity index (χ2n) is 4.03. The first-order valence-electron chi connectivity index (χ1n) is 5.74. The minimum absolute atomic E-state index is 0.00512. The van der Waals surface area contributed by atoms with Crippen LogP contribution in [0.25, 0.3) is 0 Å². The molecule has 0 aromatic carbocycles. The molecular weight excluding hydrogens is 238 g/mol. The van der Waals surface area contributed by atoms with Crippen LogP contribution in [0.3, 0.4) is 0 Å². The van der Waals surface area contributed by atoms with Gasteiger partial charge in [0.2, 0.25) is 0 Å². The molecule has 1 heterocycles. The van der Waals surface area contributed by atoms with Crippen LogP contribution in [-0.2, 0) is 11.3 Å². The van der Waals surface area contributed by atoms with Crippen LogP contribution in [0.1, 0.15) is 28.3 Å². The van der Waals surface area contributed by atoms with E-state index < -0.39 is 5.97 Å². The lowest BCUT2D eigenvalue weighted by atomic mass is 10.2. The fourth-order valence-corrected chi connectivity index (χ4v) is 1.61. The van der Waals surface area contributed by atoms with Crippen molar-refractivity contribution in [2.24, 2.45) is 0 Å². The van der Waals surface area contributed by atoms with E-state index >= 15 is 0 Å². The van der Waals surface area contributed by atoms with E-state index in [1.54, 1.807) is 14.0 Å². The molecule has 1 aromatic rings. The van der Waals surface area contributed by atoms with Gasteiger partial charge in [0.25, 0.3) is 0 Å². The number of rotatable bonds is 8. The van der Waals surface area contributed by atoms with Gasteiger partial charge in [0.1, 0.15) is 17.1 Å². The molecule has 0 spiro atoms. The molecule has 0 aliphatic heterocycles. The molecule has 1 aromatic heterocycles. The first-order chi connectivity index (χ1) is 8.58. The quantitative estimate of drug-likeness (QED) is 0.637. The summed E-state index contributed by atoms with van der Waals surface area (Å²) in [5.41, 5.74) is 0.171. The second-order valence-corrected chi connectivity index (χ2v) is 4.03. The van der Waals surface area contributed by atoms with Crippen LogP contribution in [0.4, 0.5) is 0 Å². The number of aliphatic hydroxyl groups is 1. The number of ether oxygens (including phenoxy) is 1. The van der Waals surface area contributed by atoms with Gasteiger partial charge >= 0.3 is 5.97 Å². The molecule has 0 amide bonds. The van der Waals surface area contributed by atoms with E-state index in [1.807, 2.05) is 0 Å². The number of nitrogens with one attached hydrogen (secondary N) is 1. The molecule has 0 saturated heterocycles. The zero-order valence-corrected chi connectivity index (χ0v) is 10.6. The standard InChI is InChI=1S/C12H19NO5/c1-8-11(12(15)16)5-10(18-8)6-13-9(7-14)3-4-17-2/h5,9,13-14H,3-4,6-7H2,1-2H3,(H,15,16). The van der Waals surface area contributed by atoms with Gasteiger partial charge in [-0.1, -0.05) is 0 Å². The maximum atomic E-state index is 10.8. The average molecular weight is 257 g/mol. The number of furan rings is 1. The lowest BCUT2D eigenvalue weighted by Gasteiger charge is -2.14. The molecule has 6 nitrogen and oxygen atoms in total. The van der Waals surface area contributed by atoms with Crippen LogP contribution in [0, 0.1) is 6.92 Å². The van der Waals surface area contributed by atoms with Crippen molar-refractivity contribution >= 4 is 5.97 Å². The van der Waals surface area contributed by atoms with E-state index in [0.29, 0.717) is 31.1 Å². The Labute approximate surface area is 106 Å². The summed E-state index contributed by atoms with van der Waals surface area (Å²) in [4.78, 5) is 10.8. The Morgan fingerprint density at radius 1 is 1.61 bits per heavy atom. The van der Waals surface area contributed by atoms with Crippen molar-refractivity contribution < 1.29 is 24.2 Å². The third kappa shape index (κ3) is 4.14. The third-order valence-electron chi connectivity index (χ3n) is 2.66. The van der Waals surface area contributed by atoms with Crippen LogP contribution in [0.5, 0.6) is 0 Å². The highest BCUT2D eigenvalue weighted by molar-refractivity contribution is 5.88. The largest absolute Gasteiger partial charge is 0.478 e. The highest BCUT2D eigenvalue weighted by Gasteiger charge is 2.14. The lowest BCUT2D eigenvalue weighted by molar-refractivity contribution is 0.0695. The smallest absolute Gasteiger partial charge is 0.339 e. The lowest BCUT2D eigenvalue weighted by Crippen LogP contribution is -2.32. The maximum Gasteiger partial charge on any atom is 0.339 e. The molecule has 1 atom stereocenters. The molecule has 0 saturated carbocycles. The van der Waals surface area contributed by atoms with Gasteiger partial charge in [0, 0.05) is 19.8 Å². The Bertz CT molecular complexity index is 388. The molecule has 0 aliphatic carbocycles. The van der Waals surface area contributed by atoms with Crippen LogP contribution in [0.2, 0.25) is 0 Å². The molecule has 6 heteroatoms. The number of methoxy groups -OCH3 is 1. The number of carbonyl (C=O) groups is 1. The summed E-state index contributed by atoms with van der Waals surface area (Å²) in [5, 5.41) is 21.1. The van der Waals surface area contributed by atoms with Crippen molar-refractivity contribution in [1.29, 1.82) is 0 Å². The molecule has 1 rings (SSSR count). The van der Waals surface area contributed by atoms with Crippen molar-refractivity contribution in [3.8, 4) is 0 Å². The number of hydrogen-bond donors (Lipinski definition) is 3. The fourth-order valence-electron chi connectivity index (χ4n) is 1.61. The van der Waals surface area contributed by atoms with Gasteiger partial charge in [-0.15, -0.1) is 0 Å². The summed E-state index contributed by atoms with van der Waals surface area (Å²) in [6.45, 7) is 2.54. The van der Waals surface area contributed by atoms with Crippen molar-refractivity contribution in [3.05, 3.63) is 23.2 Å². The summed E-state index contributed by atoms with van der Waals surface area (Å²) in [5.74, 6) is -0.0712. The van der Waals surface area contributed by atoms with E-state index in [0.717, 1.165) is 0 Å². The Morgan fingerprint density at radius 2 is 2.33 bits per heavy atom. The SMILES string of the molecule is COCCC(CO)NCc1cc(C(=O)O)c(C)o1. The fraction of sp³-hybridized carbons (Fsp3) is 0.583. The van der Waals surface area contributed by atoms with E-state index in [9.17, 15) is 4.79 Å². The Morgan fingerprint density at radius 3 is 2.83 bits per heavy atom. The van der Waals surface area contributed by atoms with Crippen LogP contribution in [0.15, 0.2) is 10.5 Å². The van der Waals surface area contributed by atoms with Gasteiger partial charge in [-0.2, -0.15) is 0 Å². The second kappa shape index (κ2) is 7.15. The molecule has 0 fully saturated rings. The average Bonchev–Trinajstić information content (AvgIpc) is 2.71. The van der Waals surface area contributed by atoms with Crippen LogP contribution < -0.4 is 5.32 Å². The maximum absolute atomic E-state index is 10.8. The molecule has 0 aliphatic rings. The summed E-state index contributed by atoms with van der Waals surface area (Å²) in [6, 6.07) is 1.40. The zero-order chi connectivity index (χ0) is 13.5. The predicted octanol–water partition coefficient (Wildman–Crippen LogP) is 0.773. The first kappa shape index (κ1) is 14.7. The third-order valence-corrected chi connectivity index (χ3v) is 2.66. The minimum Gasteiger partial charge on any atom is -0.478 e. The van der Waals surface area contributed by atoms with Crippen LogP contribution in [-0.4, -0.2) is 42.5 Å². The highest BCUT2D eigenvalue weighted by Crippen LogP contribution is 2.14. The zero-order valence-electron chi connectivity index (χ0n) is 10.6. The van der Waals surface area contributed by atoms with Gasteiger partial charge in [0.15, 0.2) is 0 Å². The first-order valence-corrected chi connectivity index (χ1v) is 5.74. The van der Waals surface area contributed by atoms with E-state index in [-0.39, 0.29) is 18.2 Å². The number of carboxylic acids is 1. The highest BCUT2D eigenvalue weighted by atomic mass is 16.5. The Balaban J connectivity index is 2.51. The number of aliphatic hydroxyl groups excluding tert-OH is 1. The van der Waals surface area contributed by atoms with Gasteiger partial charge in [-0.05, 0) is 19.4 Å². The molecule has 0 radical (unpaired) electrons. The summed E-state index contributed by atoms with van der Waals surface area (Å²) >= 11 is 0. The molecule has 18 heavy (non-hydrogen) atoms. The topological polar surface area (TPSA) is 91.9 Å². The Hall–Kier alpha value is -1.37.